The molecule has 0 radical (unpaired) electrons. The van der Waals surface area contributed by atoms with Crippen molar-refractivity contribution in [3.8, 4) is 10.4 Å². The quantitative estimate of drug-likeness (QED) is 0.917. The lowest BCUT2D eigenvalue weighted by atomic mass is 10.1. The van der Waals surface area contributed by atoms with Gasteiger partial charge in [0.25, 0.3) is 10.2 Å². The summed E-state index contributed by atoms with van der Waals surface area (Å²) in [5.41, 5.74) is 3.80. The molecule has 0 bridgehead atoms. The van der Waals surface area contributed by atoms with Gasteiger partial charge in [0, 0.05) is 37.6 Å². The first-order valence-corrected chi connectivity index (χ1v) is 9.95. The lowest BCUT2D eigenvalue weighted by Gasteiger charge is -2.32. The van der Waals surface area contributed by atoms with E-state index in [2.05, 4.69) is 47.5 Å². The summed E-state index contributed by atoms with van der Waals surface area (Å²) < 4.78 is 24.0. The van der Waals surface area contributed by atoms with Gasteiger partial charge in [-0.05, 0) is 35.1 Å². The van der Waals surface area contributed by atoms with Gasteiger partial charge in [0.2, 0.25) is 0 Å². The summed E-state index contributed by atoms with van der Waals surface area (Å²) in [6, 6.07) is 10.8. The van der Waals surface area contributed by atoms with Crippen molar-refractivity contribution < 1.29 is 8.42 Å². The first-order chi connectivity index (χ1) is 10.9. The summed E-state index contributed by atoms with van der Waals surface area (Å²) >= 11 is 1.76. The van der Waals surface area contributed by atoms with Crippen LogP contribution in [-0.2, 0) is 16.8 Å². The Bertz CT molecular complexity index is 761. The molecule has 7 heteroatoms. The van der Waals surface area contributed by atoms with Crippen molar-refractivity contribution in [2.24, 2.45) is 5.14 Å². The summed E-state index contributed by atoms with van der Waals surface area (Å²) in [6.07, 6.45) is 0. The Balaban J connectivity index is 1.61. The average molecular weight is 351 g/mol. The van der Waals surface area contributed by atoms with Gasteiger partial charge >= 0.3 is 0 Å². The van der Waals surface area contributed by atoms with Crippen LogP contribution in [0.2, 0.25) is 0 Å². The summed E-state index contributed by atoms with van der Waals surface area (Å²) in [5, 5.41) is 7.28. The number of hydrogen-bond acceptors (Lipinski definition) is 4. The maximum atomic E-state index is 11.3. The number of benzene rings is 1. The predicted octanol–water partition coefficient (Wildman–Crippen LogP) is 2.04. The van der Waals surface area contributed by atoms with E-state index in [0.717, 1.165) is 6.54 Å². The van der Waals surface area contributed by atoms with Crippen LogP contribution < -0.4 is 5.14 Å². The highest BCUT2D eigenvalue weighted by molar-refractivity contribution is 7.86. The zero-order valence-electron chi connectivity index (χ0n) is 13.1. The van der Waals surface area contributed by atoms with E-state index in [1.807, 2.05) is 0 Å². The Morgan fingerprint density at radius 2 is 1.74 bits per heavy atom. The minimum Gasteiger partial charge on any atom is -0.296 e. The molecular weight excluding hydrogens is 330 g/mol. The van der Waals surface area contributed by atoms with Crippen molar-refractivity contribution in [1.29, 1.82) is 0 Å². The molecule has 2 aromatic rings. The van der Waals surface area contributed by atoms with E-state index in [9.17, 15) is 8.42 Å². The monoisotopic (exact) mass is 351 g/mol. The molecule has 1 aromatic heterocycles. The molecule has 3 rings (SSSR count). The molecular formula is C16H21N3O2S2. The molecule has 1 aliphatic rings. The second-order valence-electron chi connectivity index (χ2n) is 5.85. The molecule has 124 valence electrons. The van der Waals surface area contributed by atoms with Crippen LogP contribution in [-0.4, -0.2) is 43.8 Å². The van der Waals surface area contributed by atoms with Crippen molar-refractivity contribution in [2.45, 2.75) is 13.5 Å². The smallest absolute Gasteiger partial charge is 0.276 e. The predicted molar refractivity (Wildman–Crippen MR) is 94.4 cm³/mol. The standard InChI is InChI=1S/C16H21N3O2S2/c1-13-6-11-22-16(13)15-4-2-14(3-5-15)12-18-7-9-19(10-8-18)23(17,20)21/h2-6,11H,7-10,12H2,1H3,(H2,17,20,21). The molecule has 1 fully saturated rings. The minimum absolute atomic E-state index is 0.464. The fourth-order valence-electron chi connectivity index (χ4n) is 2.83. The summed E-state index contributed by atoms with van der Waals surface area (Å²) in [5.74, 6) is 0. The number of nitrogens with two attached hydrogens (primary N) is 1. The lowest BCUT2D eigenvalue weighted by molar-refractivity contribution is 0.181. The van der Waals surface area contributed by atoms with Crippen LogP contribution in [0.1, 0.15) is 11.1 Å². The SMILES string of the molecule is Cc1ccsc1-c1ccc(CN2CCN(S(N)(=O)=O)CC2)cc1. The van der Waals surface area contributed by atoms with E-state index in [-0.39, 0.29) is 0 Å². The van der Waals surface area contributed by atoms with Gasteiger partial charge in [-0.25, -0.2) is 5.14 Å². The molecule has 0 unspecified atom stereocenters. The van der Waals surface area contributed by atoms with Gasteiger partial charge in [-0.1, -0.05) is 24.3 Å². The first-order valence-electron chi connectivity index (χ1n) is 7.57. The summed E-state index contributed by atoms with van der Waals surface area (Å²) in [7, 11) is -3.55. The number of piperazine rings is 1. The summed E-state index contributed by atoms with van der Waals surface area (Å²) in [6.45, 7) is 5.31. The largest absolute Gasteiger partial charge is 0.296 e. The Labute approximate surface area is 141 Å². The molecule has 23 heavy (non-hydrogen) atoms. The van der Waals surface area contributed by atoms with Crippen molar-refractivity contribution >= 4 is 21.5 Å². The third-order valence-corrected chi connectivity index (χ3v) is 6.33. The number of hydrogen-bond donors (Lipinski definition) is 1. The van der Waals surface area contributed by atoms with Gasteiger partial charge in [-0.15, -0.1) is 11.3 Å². The highest BCUT2D eigenvalue weighted by atomic mass is 32.2. The molecule has 5 nitrogen and oxygen atoms in total. The third-order valence-electron chi connectivity index (χ3n) is 4.18. The lowest BCUT2D eigenvalue weighted by Crippen LogP contribution is -2.50. The van der Waals surface area contributed by atoms with Gasteiger partial charge < -0.3 is 0 Å². The molecule has 1 aromatic carbocycles. The van der Waals surface area contributed by atoms with Crippen LogP contribution in [0.15, 0.2) is 35.7 Å². The Morgan fingerprint density at radius 1 is 1.09 bits per heavy atom. The van der Waals surface area contributed by atoms with Crippen LogP contribution in [0.25, 0.3) is 10.4 Å². The van der Waals surface area contributed by atoms with Crippen molar-refractivity contribution in [3.63, 3.8) is 0 Å². The molecule has 1 saturated heterocycles. The Kier molecular flexibility index (Phi) is 4.84. The second kappa shape index (κ2) is 6.70. The molecule has 1 aliphatic heterocycles. The van der Waals surface area contributed by atoms with Gasteiger partial charge in [-0.3, -0.25) is 4.90 Å². The highest BCUT2D eigenvalue weighted by Crippen LogP contribution is 2.29. The second-order valence-corrected chi connectivity index (χ2v) is 8.31. The number of nitrogens with zero attached hydrogens (tertiary/aromatic N) is 2. The molecule has 0 atom stereocenters. The van der Waals surface area contributed by atoms with Crippen molar-refractivity contribution in [1.82, 2.24) is 9.21 Å². The Morgan fingerprint density at radius 3 is 2.26 bits per heavy atom. The van der Waals surface area contributed by atoms with Crippen LogP contribution in [0, 0.1) is 6.92 Å². The molecule has 0 amide bonds. The van der Waals surface area contributed by atoms with E-state index < -0.39 is 10.2 Å². The van der Waals surface area contributed by atoms with Gasteiger partial charge in [0.05, 0.1) is 0 Å². The molecule has 2 heterocycles. The maximum Gasteiger partial charge on any atom is 0.276 e. The van der Waals surface area contributed by atoms with E-state index in [1.165, 1.54) is 25.9 Å². The van der Waals surface area contributed by atoms with Gasteiger partial charge in [0.1, 0.15) is 0 Å². The fraction of sp³-hybridized carbons (Fsp3) is 0.375. The van der Waals surface area contributed by atoms with Crippen LogP contribution in [0.3, 0.4) is 0 Å². The molecule has 0 spiro atoms. The topological polar surface area (TPSA) is 66.6 Å². The van der Waals surface area contributed by atoms with Crippen molar-refractivity contribution in [2.75, 3.05) is 26.2 Å². The molecule has 2 N–H and O–H groups in total. The maximum absolute atomic E-state index is 11.3. The highest BCUT2D eigenvalue weighted by Gasteiger charge is 2.23. The number of aryl methyl sites for hydroxylation is 1. The zero-order valence-corrected chi connectivity index (χ0v) is 14.7. The summed E-state index contributed by atoms with van der Waals surface area (Å²) in [4.78, 5) is 3.57. The van der Waals surface area contributed by atoms with Gasteiger partial charge in [-0.2, -0.15) is 12.7 Å². The fourth-order valence-corrected chi connectivity index (χ4v) is 4.44. The van der Waals surface area contributed by atoms with E-state index in [4.69, 9.17) is 5.14 Å². The van der Waals surface area contributed by atoms with E-state index >= 15 is 0 Å². The first kappa shape index (κ1) is 16.6. The number of thiophene rings is 1. The zero-order chi connectivity index (χ0) is 16.4. The van der Waals surface area contributed by atoms with E-state index in [1.54, 1.807) is 11.3 Å². The van der Waals surface area contributed by atoms with Crippen LogP contribution in [0.4, 0.5) is 0 Å². The Hall–Kier alpha value is -1.25. The minimum atomic E-state index is -3.55. The van der Waals surface area contributed by atoms with E-state index in [0.29, 0.717) is 26.2 Å². The van der Waals surface area contributed by atoms with Crippen LogP contribution in [0.5, 0.6) is 0 Å². The van der Waals surface area contributed by atoms with Crippen LogP contribution >= 0.6 is 11.3 Å². The molecule has 0 saturated carbocycles. The third kappa shape index (κ3) is 3.99. The normalized spacial score (nSPS) is 17.5. The average Bonchev–Trinajstić information content (AvgIpc) is 2.94. The number of rotatable bonds is 4. The van der Waals surface area contributed by atoms with Gasteiger partial charge in [0.15, 0.2) is 0 Å². The molecule has 0 aliphatic carbocycles. The van der Waals surface area contributed by atoms with Crippen molar-refractivity contribution in [3.05, 3.63) is 46.8 Å².